The van der Waals surface area contributed by atoms with Gasteiger partial charge in [-0.05, 0) is 27.2 Å². The lowest BCUT2D eigenvalue weighted by molar-refractivity contribution is -0.127. The highest BCUT2D eigenvalue weighted by atomic mass is 16.6. The SMILES string of the molecule is CC[C@@H]1C(OC(=O)NC(C)(C)C)C(=O)N[C@@H]1CO. The summed E-state index contributed by atoms with van der Waals surface area (Å²) >= 11 is 0. The molecule has 2 amide bonds. The number of nitrogens with one attached hydrogen (secondary N) is 2. The number of aliphatic hydroxyl groups is 1. The van der Waals surface area contributed by atoms with Gasteiger partial charge in [-0.3, -0.25) is 4.79 Å². The van der Waals surface area contributed by atoms with E-state index < -0.39 is 17.7 Å². The second kappa shape index (κ2) is 5.56. The van der Waals surface area contributed by atoms with Crippen molar-refractivity contribution in [2.24, 2.45) is 5.92 Å². The van der Waals surface area contributed by atoms with Gasteiger partial charge in [0.1, 0.15) is 0 Å². The van der Waals surface area contributed by atoms with Crippen LogP contribution in [0.5, 0.6) is 0 Å². The van der Waals surface area contributed by atoms with Crippen molar-refractivity contribution in [3.63, 3.8) is 0 Å². The van der Waals surface area contributed by atoms with Crippen molar-refractivity contribution in [3.8, 4) is 0 Å². The molecular formula is C12H22N2O4. The molecule has 1 unspecified atom stereocenters. The first-order valence-corrected chi connectivity index (χ1v) is 6.18. The van der Waals surface area contributed by atoms with Crippen LogP contribution in [0.4, 0.5) is 4.79 Å². The van der Waals surface area contributed by atoms with E-state index in [9.17, 15) is 9.59 Å². The number of hydrogen-bond donors (Lipinski definition) is 3. The van der Waals surface area contributed by atoms with Gasteiger partial charge in [0.05, 0.1) is 12.6 Å². The summed E-state index contributed by atoms with van der Waals surface area (Å²) < 4.78 is 5.16. The Balaban J connectivity index is 2.65. The third-order valence-corrected chi connectivity index (χ3v) is 2.87. The molecule has 104 valence electrons. The van der Waals surface area contributed by atoms with Gasteiger partial charge in [-0.15, -0.1) is 0 Å². The second-order valence-electron chi connectivity index (χ2n) is 5.57. The molecule has 1 saturated heterocycles. The summed E-state index contributed by atoms with van der Waals surface area (Å²) in [7, 11) is 0. The molecule has 1 rings (SSSR count). The maximum atomic E-state index is 11.7. The fraction of sp³-hybridized carbons (Fsp3) is 0.833. The molecule has 0 radical (unpaired) electrons. The molecule has 1 heterocycles. The Hall–Kier alpha value is -1.30. The van der Waals surface area contributed by atoms with Crippen molar-refractivity contribution in [3.05, 3.63) is 0 Å². The van der Waals surface area contributed by atoms with Crippen LogP contribution in [0.1, 0.15) is 34.1 Å². The van der Waals surface area contributed by atoms with Gasteiger partial charge in [0.25, 0.3) is 5.91 Å². The molecule has 0 saturated carbocycles. The van der Waals surface area contributed by atoms with E-state index in [4.69, 9.17) is 9.84 Å². The lowest BCUT2D eigenvalue weighted by atomic mass is 9.96. The fourth-order valence-corrected chi connectivity index (χ4v) is 2.05. The van der Waals surface area contributed by atoms with Crippen LogP contribution in [0.2, 0.25) is 0 Å². The van der Waals surface area contributed by atoms with Crippen LogP contribution in [0, 0.1) is 5.92 Å². The summed E-state index contributed by atoms with van der Waals surface area (Å²) in [6.45, 7) is 7.24. The van der Waals surface area contributed by atoms with E-state index in [1.54, 1.807) is 0 Å². The third kappa shape index (κ3) is 3.60. The highest BCUT2D eigenvalue weighted by Gasteiger charge is 2.43. The van der Waals surface area contributed by atoms with Gasteiger partial charge in [-0.2, -0.15) is 0 Å². The van der Waals surface area contributed by atoms with E-state index in [0.29, 0.717) is 6.42 Å². The van der Waals surface area contributed by atoms with E-state index in [-0.39, 0.29) is 24.5 Å². The van der Waals surface area contributed by atoms with Crippen molar-refractivity contribution in [1.82, 2.24) is 10.6 Å². The molecule has 3 N–H and O–H groups in total. The highest BCUT2D eigenvalue weighted by molar-refractivity contribution is 5.86. The Morgan fingerprint density at radius 1 is 1.50 bits per heavy atom. The van der Waals surface area contributed by atoms with E-state index in [1.807, 2.05) is 27.7 Å². The molecule has 0 bridgehead atoms. The van der Waals surface area contributed by atoms with Crippen LogP contribution in [0.25, 0.3) is 0 Å². The number of alkyl carbamates (subject to hydrolysis) is 1. The largest absolute Gasteiger partial charge is 0.436 e. The molecule has 1 aliphatic rings. The summed E-state index contributed by atoms with van der Waals surface area (Å²) in [6.07, 6.45) is -0.786. The number of carbonyl (C=O) groups is 2. The van der Waals surface area contributed by atoms with Crippen LogP contribution >= 0.6 is 0 Å². The van der Waals surface area contributed by atoms with Gasteiger partial charge in [-0.25, -0.2) is 4.79 Å². The molecule has 0 aliphatic carbocycles. The molecule has 0 spiro atoms. The minimum atomic E-state index is -0.825. The summed E-state index contributed by atoms with van der Waals surface area (Å²) in [6, 6.07) is -0.338. The van der Waals surface area contributed by atoms with E-state index >= 15 is 0 Å². The molecule has 1 fully saturated rings. The number of carbonyl (C=O) groups excluding carboxylic acids is 2. The maximum absolute atomic E-state index is 11.7. The Morgan fingerprint density at radius 3 is 2.56 bits per heavy atom. The average molecular weight is 258 g/mol. The number of hydrogen-bond acceptors (Lipinski definition) is 4. The van der Waals surface area contributed by atoms with E-state index in [2.05, 4.69) is 10.6 Å². The monoisotopic (exact) mass is 258 g/mol. The van der Waals surface area contributed by atoms with Crippen LogP contribution < -0.4 is 10.6 Å². The summed E-state index contributed by atoms with van der Waals surface area (Å²) in [5.74, 6) is -0.529. The lowest BCUT2D eigenvalue weighted by Gasteiger charge is -2.23. The smallest absolute Gasteiger partial charge is 0.408 e. The topological polar surface area (TPSA) is 87.7 Å². The van der Waals surface area contributed by atoms with Crippen molar-refractivity contribution < 1.29 is 19.4 Å². The van der Waals surface area contributed by atoms with Crippen LogP contribution in [0.15, 0.2) is 0 Å². The summed E-state index contributed by atoms with van der Waals surface area (Å²) in [5.41, 5.74) is -0.412. The first-order chi connectivity index (χ1) is 8.28. The minimum absolute atomic E-state index is 0.148. The standard InChI is InChI=1S/C12H22N2O4/c1-5-7-8(6-15)13-10(16)9(7)18-11(17)14-12(2,3)4/h7-9,15H,5-6H2,1-4H3,(H,13,16)(H,14,17)/t7-,8+,9?/m0/s1. The first-order valence-electron chi connectivity index (χ1n) is 6.18. The predicted octanol–water partition coefficient (Wildman–Crippen LogP) is 0.397. The molecule has 6 nitrogen and oxygen atoms in total. The zero-order valence-corrected chi connectivity index (χ0v) is 11.3. The Labute approximate surface area is 107 Å². The molecule has 1 aliphatic heterocycles. The lowest BCUT2D eigenvalue weighted by Crippen LogP contribution is -2.44. The van der Waals surface area contributed by atoms with E-state index in [0.717, 1.165) is 0 Å². The predicted molar refractivity (Wildman–Crippen MR) is 66.0 cm³/mol. The molecule has 18 heavy (non-hydrogen) atoms. The van der Waals surface area contributed by atoms with Crippen LogP contribution in [-0.2, 0) is 9.53 Å². The van der Waals surface area contributed by atoms with E-state index in [1.165, 1.54) is 0 Å². The molecule has 3 atom stereocenters. The maximum Gasteiger partial charge on any atom is 0.408 e. The van der Waals surface area contributed by atoms with Crippen molar-refractivity contribution in [2.75, 3.05) is 6.61 Å². The first kappa shape index (κ1) is 14.8. The quantitative estimate of drug-likeness (QED) is 0.683. The van der Waals surface area contributed by atoms with Gasteiger partial charge in [0.15, 0.2) is 6.10 Å². The zero-order chi connectivity index (χ0) is 13.9. The number of rotatable bonds is 3. The zero-order valence-electron chi connectivity index (χ0n) is 11.3. The van der Waals surface area contributed by atoms with Crippen LogP contribution in [-0.4, -0.2) is 41.4 Å². The molecular weight excluding hydrogens is 236 g/mol. The van der Waals surface area contributed by atoms with Crippen molar-refractivity contribution in [2.45, 2.75) is 51.8 Å². The molecule has 0 aromatic rings. The molecule has 0 aromatic carbocycles. The van der Waals surface area contributed by atoms with Gasteiger partial charge in [-0.1, -0.05) is 6.92 Å². The Bertz CT molecular complexity index is 325. The van der Waals surface area contributed by atoms with Crippen molar-refractivity contribution in [1.29, 1.82) is 0 Å². The number of amides is 2. The Kier molecular flexibility index (Phi) is 4.56. The molecule has 6 heteroatoms. The summed E-state index contributed by atoms with van der Waals surface area (Å²) in [5, 5.41) is 14.4. The third-order valence-electron chi connectivity index (χ3n) is 2.87. The second-order valence-corrected chi connectivity index (χ2v) is 5.57. The van der Waals surface area contributed by atoms with Crippen LogP contribution in [0.3, 0.4) is 0 Å². The van der Waals surface area contributed by atoms with Gasteiger partial charge in [0.2, 0.25) is 0 Å². The number of aliphatic hydroxyl groups excluding tert-OH is 1. The van der Waals surface area contributed by atoms with Gasteiger partial charge in [0, 0.05) is 11.5 Å². The molecule has 0 aromatic heterocycles. The van der Waals surface area contributed by atoms with Gasteiger partial charge >= 0.3 is 6.09 Å². The van der Waals surface area contributed by atoms with Crippen molar-refractivity contribution >= 4 is 12.0 Å². The van der Waals surface area contributed by atoms with Gasteiger partial charge < -0.3 is 20.5 Å². The average Bonchev–Trinajstić information content (AvgIpc) is 2.52. The Morgan fingerprint density at radius 2 is 2.11 bits per heavy atom. The highest BCUT2D eigenvalue weighted by Crippen LogP contribution is 2.23. The normalized spacial score (nSPS) is 27.8. The number of ether oxygens (including phenoxy) is 1. The summed E-state index contributed by atoms with van der Waals surface area (Å²) in [4.78, 5) is 23.3. The fourth-order valence-electron chi connectivity index (χ4n) is 2.05. The minimum Gasteiger partial charge on any atom is -0.436 e.